The van der Waals surface area contributed by atoms with Crippen molar-refractivity contribution >= 4 is 29.1 Å². The SMILES string of the molecule is CCOC(=O)C1=C(c2ccccc2)N=c2sc(=Cc3ccccc3F)c(=O)n2C1c1ccccc1. The van der Waals surface area contributed by atoms with E-state index in [4.69, 9.17) is 9.73 Å². The second-order valence-electron chi connectivity index (χ2n) is 7.86. The number of fused-ring (bicyclic) bond motifs is 1. The quantitative estimate of drug-likeness (QED) is 0.401. The Morgan fingerprint density at radius 3 is 2.37 bits per heavy atom. The summed E-state index contributed by atoms with van der Waals surface area (Å²) in [5.74, 6) is -0.956. The van der Waals surface area contributed by atoms with Gasteiger partial charge in [-0.15, -0.1) is 0 Å². The van der Waals surface area contributed by atoms with Crippen molar-refractivity contribution in [3.8, 4) is 0 Å². The molecule has 174 valence electrons. The zero-order chi connectivity index (χ0) is 24.4. The van der Waals surface area contributed by atoms with E-state index in [1.807, 2.05) is 60.7 Å². The Kier molecular flexibility index (Phi) is 6.25. The third kappa shape index (κ3) is 4.26. The molecule has 1 unspecified atom stereocenters. The van der Waals surface area contributed by atoms with Crippen LogP contribution in [0.1, 0.15) is 29.7 Å². The number of esters is 1. The first-order valence-electron chi connectivity index (χ1n) is 11.2. The van der Waals surface area contributed by atoms with E-state index >= 15 is 0 Å². The number of thiazole rings is 1. The molecule has 0 amide bonds. The topological polar surface area (TPSA) is 60.7 Å². The Bertz CT molecular complexity index is 1610. The minimum Gasteiger partial charge on any atom is -0.463 e. The van der Waals surface area contributed by atoms with E-state index in [0.717, 1.165) is 22.5 Å². The molecule has 1 aliphatic rings. The van der Waals surface area contributed by atoms with Gasteiger partial charge < -0.3 is 4.74 Å². The van der Waals surface area contributed by atoms with E-state index in [1.54, 1.807) is 25.1 Å². The van der Waals surface area contributed by atoms with Gasteiger partial charge in [0.05, 0.1) is 28.5 Å². The van der Waals surface area contributed by atoms with Crippen LogP contribution in [-0.2, 0) is 9.53 Å². The third-order valence-corrected chi connectivity index (χ3v) is 6.66. The third-order valence-electron chi connectivity index (χ3n) is 5.68. The van der Waals surface area contributed by atoms with Crippen LogP contribution in [-0.4, -0.2) is 17.1 Å². The fourth-order valence-electron chi connectivity index (χ4n) is 4.12. The largest absolute Gasteiger partial charge is 0.463 e. The molecule has 1 aromatic heterocycles. The maximum absolute atomic E-state index is 14.3. The summed E-state index contributed by atoms with van der Waals surface area (Å²) in [5.41, 5.74) is 2.19. The van der Waals surface area contributed by atoms with E-state index in [-0.39, 0.29) is 17.7 Å². The second-order valence-corrected chi connectivity index (χ2v) is 8.87. The molecule has 0 saturated heterocycles. The van der Waals surface area contributed by atoms with Crippen molar-refractivity contribution in [1.82, 2.24) is 4.57 Å². The van der Waals surface area contributed by atoms with Crippen LogP contribution in [0, 0.1) is 5.82 Å². The Balaban J connectivity index is 1.84. The number of rotatable bonds is 5. The molecule has 5 rings (SSSR count). The van der Waals surface area contributed by atoms with Gasteiger partial charge in [-0.2, -0.15) is 0 Å². The summed E-state index contributed by atoms with van der Waals surface area (Å²) in [6, 6.07) is 24.2. The van der Waals surface area contributed by atoms with Crippen LogP contribution in [0.5, 0.6) is 0 Å². The summed E-state index contributed by atoms with van der Waals surface area (Å²) in [7, 11) is 0. The zero-order valence-corrected chi connectivity index (χ0v) is 19.7. The van der Waals surface area contributed by atoms with Crippen LogP contribution >= 0.6 is 11.3 Å². The molecular weight excluding hydrogens is 463 g/mol. The molecule has 0 N–H and O–H groups in total. The molecule has 0 saturated carbocycles. The van der Waals surface area contributed by atoms with Gasteiger partial charge in [0.1, 0.15) is 5.82 Å². The summed E-state index contributed by atoms with van der Waals surface area (Å²) >= 11 is 1.16. The lowest BCUT2D eigenvalue weighted by atomic mass is 9.93. The molecule has 1 aliphatic heterocycles. The summed E-state index contributed by atoms with van der Waals surface area (Å²) in [6.45, 7) is 1.92. The number of hydrogen-bond donors (Lipinski definition) is 0. The average Bonchev–Trinajstić information content (AvgIpc) is 3.20. The van der Waals surface area contributed by atoms with Crippen molar-refractivity contribution in [3.63, 3.8) is 0 Å². The number of ether oxygens (including phenoxy) is 1. The highest BCUT2D eigenvalue weighted by atomic mass is 32.1. The Morgan fingerprint density at radius 1 is 1.03 bits per heavy atom. The lowest BCUT2D eigenvalue weighted by Crippen LogP contribution is -2.40. The van der Waals surface area contributed by atoms with E-state index in [9.17, 15) is 14.0 Å². The van der Waals surface area contributed by atoms with Crippen LogP contribution in [0.25, 0.3) is 11.8 Å². The van der Waals surface area contributed by atoms with Crippen molar-refractivity contribution in [2.24, 2.45) is 4.99 Å². The van der Waals surface area contributed by atoms with E-state index in [2.05, 4.69) is 0 Å². The molecule has 3 aromatic carbocycles. The average molecular weight is 485 g/mol. The number of hydrogen-bond acceptors (Lipinski definition) is 5. The fraction of sp³-hybridized carbons (Fsp3) is 0.107. The predicted octanol–water partition coefficient (Wildman–Crippen LogP) is 4.07. The van der Waals surface area contributed by atoms with Gasteiger partial charge >= 0.3 is 5.97 Å². The van der Waals surface area contributed by atoms with Crippen LogP contribution in [0.2, 0.25) is 0 Å². The van der Waals surface area contributed by atoms with Gasteiger partial charge in [0.15, 0.2) is 4.80 Å². The number of carbonyl (C=O) groups is 1. The van der Waals surface area contributed by atoms with Gasteiger partial charge in [0.25, 0.3) is 5.56 Å². The highest BCUT2D eigenvalue weighted by molar-refractivity contribution is 7.07. The maximum Gasteiger partial charge on any atom is 0.338 e. The standard InChI is InChI=1S/C28H21FN2O3S/c1-2-34-27(33)23-24(18-11-5-3-6-12-18)30-28-31(25(23)19-13-7-4-8-14-19)26(32)22(35-28)17-20-15-9-10-16-21(20)29/h3-17,25H,2H2,1H3. The Hall–Kier alpha value is -4.10. The van der Waals surface area contributed by atoms with Crippen molar-refractivity contribution in [1.29, 1.82) is 0 Å². The van der Waals surface area contributed by atoms with E-state index in [1.165, 1.54) is 16.7 Å². The smallest absolute Gasteiger partial charge is 0.338 e. The van der Waals surface area contributed by atoms with Gasteiger partial charge in [-0.05, 0) is 24.6 Å². The lowest BCUT2D eigenvalue weighted by Gasteiger charge is -2.25. The summed E-state index contributed by atoms with van der Waals surface area (Å²) < 4.78 is 21.6. The van der Waals surface area contributed by atoms with Gasteiger partial charge in [0.2, 0.25) is 0 Å². The summed E-state index contributed by atoms with van der Waals surface area (Å²) in [4.78, 5) is 32.2. The molecule has 35 heavy (non-hydrogen) atoms. The minimum atomic E-state index is -0.746. The second kappa shape index (κ2) is 9.64. The van der Waals surface area contributed by atoms with Crippen LogP contribution in [0.15, 0.2) is 100 Å². The molecule has 2 heterocycles. The first-order chi connectivity index (χ1) is 17.1. The highest BCUT2D eigenvalue weighted by Crippen LogP contribution is 2.35. The first kappa shape index (κ1) is 22.7. The number of nitrogens with zero attached hydrogens (tertiary/aromatic N) is 2. The van der Waals surface area contributed by atoms with Gasteiger partial charge in [-0.25, -0.2) is 14.2 Å². The molecule has 4 aromatic rings. The van der Waals surface area contributed by atoms with E-state index < -0.39 is 17.8 Å². The van der Waals surface area contributed by atoms with E-state index in [0.29, 0.717) is 20.6 Å². The zero-order valence-electron chi connectivity index (χ0n) is 18.9. The number of aromatic nitrogens is 1. The van der Waals surface area contributed by atoms with Crippen LogP contribution in [0.4, 0.5) is 4.39 Å². The Morgan fingerprint density at radius 2 is 1.69 bits per heavy atom. The molecular formula is C28H21FN2O3S. The normalized spacial score (nSPS) is 15.5. The first-order valence-corrected chi connectivity index (χ1v) is 12.0. The lowest BCUT2D eigenvalue weighted by molar-refractivity contribution is -0.138. The number of benzene rings is 3. The van der Waals surface area contributed by atoms with Gasteiger partial charge in [-0.1, -0.05) is 90.2 Å². The van der Waals surface area contributed by atoms with Gasteiger partial charge in [-0.3, -0.25) is 9.36 Å². The molecule has 0 aliphatic carbocycles. The fourth-order valence-corrected chi connectivity index (χ4v) is 5.12. The molecule has 1 atom stereocenters. The maximum atomic E-state index is 14.3. The van der Waals surface area contributed by atoms with Crippen molar-refractivity contribution < 1.29 is 13.9 Å². The number of carbonyl (C=O) groups excluding carboxylic acids is 1. The minimum absolute atomic E-state index is 0.184. The molecule has 0 spiro atoms. The molecule has 7 heteroatoms. The highest BCUT2D eigenvalue weighted by Gasteiger charge is 2.35. The van der Waals surface area contributed by atoms with Crippen molar-refractivity contribution in [2.75, 3.05) is 6.61 Å². The molecule has 0 bridgehead atoms. The monoisotopic (exact) mass is 484 g/mol. The van der Waals surface area contributed by atoms with Crippen LogP contribution in [0.3, 0.4) is 0 Å². The molecule has 5 nitrogen and oxygen atoms in total. The number of halogens is 1. The predicted molar refractivity (Wildman–Crippen MR) is 134 cm³/mol. The van der Waals surface area contributed by atoms with Crippen molar-refractivity contribution in [2.45, 2.75) is 13.0 Å². The van der Waals surface area contributed by atoms with Gasteiger partial charge in [0, 0.05) is 11.1 Å². The summed E-state index contributed by atoms with van der Waals surface area (Å²) in [6.07, 6.45) is 1.53. The Labute approximate surface area is 204 Å². The molecule has 0 fully saturated rings. The summed E-state index contributed by atoms with van der Waals surface area (Å²) in [5, 5.41) is 0. The van der Waals surface area contributed by atoms with Crippen LogP contribution < -0.4 is 14.9 Å². The molecule has 0 radical (unpaired) electrons. The van der Waals surface area contributed by atoms with Crippen molar-refractivity contribution in [3.05, 3.63) is 133 Å².